The minimum absolute atomic E-state index is 0.229. The van der Waals surface area contributed by atoms with E-state index in [-0.39, 0.29) is 10.1 Å². The van der Waals surface area contributed by atoms with Gasteiger partial charge in [-0.05, 0) is 19.3 Å². The first-order chi connectivity index (χ1) is 7.56. The Bertz CT molecular complexity index is 288. The van der Waals surface area contributed by atoms with Gasteiger partial charge in [0.2, 0.25) is 10.0 Å². The van der Waals surface area contributed by atoms with E-state index in [4.69, 9.17) is 4.74 Å². The highest BCUT2D eigenvalue weighted by Gasteiger charge is 2.27. The molecule has 1 heterocycles. The monoisotopic (exact) mass is 313 g/mol. The van der Waals surface area contributed by atoms with Crippen LogP contribution in [-0.2, 0) is 14.8 Å². The molecule has 0 aromatic carbocycles. The second-order valence-electron chi connectivity index (χ2n) is 4.09. The van der Waals surface area contributed by atoms with Gasteiger partial charge in [-0.2, -0.15) is 0 Å². The summed E-state index contributed by atoms with van der Waals surface area (Å²) in [6.07, 6.45) is 3.25. The predicted molar refractivity (Wildman–Crippen MR) is 68.4 cm³/mol. The average Bonchev–Trinajstić information content (AvgIpc) is 2.28. The summed E-state index contributed by atoms with van der Waals surface area (Å²) in [6, 6.07) is 0. The van der Waals surface area contributed by atoms with Gasteiger partial charge in [0.05, 0.1) is 5.25 Å². The number of hydrogen-bond donors (Lipinski definition) is 1. The van der Waals surface area contributed by atoms with Gasteiger partial charge in [-0.15, -0.1) is 0 Å². The van der Waals surface area contributed by atoms with Crippen LogP contribution in [0.25, 0.3) is 0 Å². The summed E-state index contributed by atoms with van der Waals surface area (Å²) in [5.41, 5.74) is 0. The van der Waals surface area contributed by atoms with Gasteiger partial charge in [0.15, 0.2) is 0 Å². The van der Waals surface area contributed by atoms with E-state index in [0.29, 0.717) is 32.6 Å². The maximum absolute atomic E-state index is 11.9. The summed E-state index contributed by atoms with van der Waals surface area (Å²) in [5.74, 6) is 0. The number of sulfonamides is 1. The molecule has 1 saturated heterocycles. The van der Waals surface area contributed by atoms with E-state index in [1.165, 1.54) is 0 Å². The summed E-state index contributed by atoms with van der Waals surface area (Å²) in [7, 11) is -3.16. The molecule has 1 fully saturated rings. The van der Waals surface area contributed by atoms with Crippen molar-refractivity contribution in [3.63, 3.8) is 0 Å². The van der Waals surface area contributed by atoms with E-state index < -0.39 is 10.0 Å². The molecule has 96 valence electrons. The maximum Gasteiger partial charge on any atom is 0.214 e. The molecule has 6 heteroatoms. The first kappa shape index (κ1) is 14.4. The lowest BCUT2D eigenvalue weighted by Gasteiger charge is -2.23. The molecular formula is C10H20BrNO3S. The second kappa shape index (κ2) is 6.93. The molecule has 0 spiro atoms. The fraction of sp³-hybridized carbons (Fsp3) is 1.00. The van der Waals surface area contributed by atoms with Crippen LogP contribution >= 0.6 is 15.9 Å². The number of hydrogen-bond acceptors (Lipinski definition) is 3. The lowest BCUT2D eigenvalue weighted by Crippen LogP contribution is -2.40. The molecule has 0 aromatic rings. The normalized spacial score (nSPS) is 20.9. The Morgan fingerprint density at radius 2 is 2.06 bits per heavy atom. The number of rotatable bonds is 6. The smallest absolute Gasteiger partial charge is 0.214 e. The fourth-order valence-corrected chi connectivity index (χ4v) is 4.04. The Hall–Kier alpha value is 0.350. The first-order valence-corrected chi connectivity index (χ1v) is 8.22. The highest BCUT2D eigenvalue weighted by molar-refractivity contribution is 9.09. The van der Waals surface area contributed by atoms with Crippen molar-refractivity contribution in [2.45, 2.75) is 42.7 Å². The number of ether oxygens (including phenoxy) is 1. The third-order valence-corrected chi connectivity index (χ3v) is 5.41. The molecule has 0 bridgehead atoms. The first-order valence-electron chi connectivity index (χ1n) is 5.76. The Kier molecular flexibility index (Phi) is 6.25. The van der Waals surface area contributed by atoms with Crippen LogP contribution in [0.15, 0.2) is 0 Å². The summed E-state index contributed by atoms with van der Waals surface area (Å²) in [6.45, 7) is 3.67. The lowest BCUT2D eigenvalue weighted by atomic mass is 10.2. The van der Waals surface area contributed by atoms with E-state index in [1.54, 1.807) is 0 Å². The van der Waals surface area contributed by atoms with Crippen molar-refractivity contribution in [3.05, 3.63) is 0 Å². The van der Waals surface area contributed by atoms with Crippen molar-refractivity contribution >= 4 is 26.0 Å². The Morgan fingerprint density at radius 1 is 1.44 bits per heavy atom. The third kappa shape index (κ3) is 4.69. The molecule has 1 aliphatic heterocycles. The van der Waals surface area contributed by atoms with Gasteiger partial charge in [0, 0.05) is 24.6 Å². The fourth-order valence-electron chi connectivity index (χ4n) is 1.73. The van der Waals surface area contributed by atoms with Crippen LogP contribution in [0.3, 0.4) is 0 Å². The largest absolute Gasteiger partial charge is 0.381 e. The molecular weight excluding hydrogens is 294 g/mol. The number of halogens is 1. The minimum Gasteiger partial charge on any atom is -0.381 e. The van der Waals surface area contributed by atoms with Crippen LogP contribution in [0, 0.1) is 0 Å². The van der Waals surface area contributed by atoms with Crippen LogP contribution in [0.1, 0.15) is 32.6 Å². The molecule has 0 aliphatic carbocycles. The summed E-state index contributed by atoms with van der Waals surface area (Å²) in [4.78, 5) is 0.229. The van der Waals surface area contributed by atoms with Crippen LogP contribution in [-0.4, -0.2) is 38.3 Å². The quantitative estimate of drug-likeness (QED) is 0.759. The van der Waals surface area contributed by atoms with E-state index in [1.807, 2.05) is 0 Å². The summed E-state index contributed by atoms with van der Waals surface area (Å²) >= 11 is 3.46. The van der Waals surface area contributed by atoms with Crippen LogP contribution in [0.2, 0.25) is 0 Å². The molecule has 16 heavy (non-hydrogen) atoms. The molecule has 0 aromatic heterocycles. The second-order valence-corrected chi connectivity index (χ2v) is 7.43. The van der Waals surface area contributed by atoms with Crippen LogP contribution in [0.5, 0.6) is 0 Å². The molecule has 1 N–H and O–H groups in total. The summed E-state index contributed by atoms with van der Waals surface area (Å²) in [5, 5.41) is -0.275. The van der Waals surface area contributed by atoms with E-state index in [2.05, 4.69) is 27.6 Å². The zero-order chi connectivity index (χ0) is 12.0. The zero-order valence-electron chi connectivity index (χ0n) is 9.62. The average molecular weight is 314 g/mol. The maximum atomic E-state index is 11.9. The number of nitrogens with one attached hydrogen (secondary N) is 1. The number of alkyl halides is 1. The molecule has 0 saturated carbocycles. The minimum atomic E-state index is -3.16. The van der Waals surface area contributed by atoms with Crippen molar-refractivity contribution < 1.29 is 13.2 Å². The molecule has 1 rings (SSSR count). The Labute approximate surface area is 106 Å². The SMILES string of the molecule is CCCC(Br)CNS(=O)(=O)C1CCOCC1. The lowest BCUT2D eigenvalue weighted by molar-refractivity contribution is 0.0981. The Morgan fingerprint density at radius 3 is 2.62 bits per heavy atom. The molecule has 1 unspecified atom stereocenters. The molecule has 4 nitrogen and oxygen atoms in total. The van der Waals surface area contributed by atoms with E-state index in [9.17, 15) is 8.42 Å². The highest BCUT2D eigenvalue weighted by atomic mass is 79.9. The molecule has 1 atom stereocenters. The van der Waals surface area contributed by atoms with Gasteiger partial charge in [-0.1, -0.05) is 29.3 Å². The zero-order valence-corrected chi connectivity index (χ0v) is 12.0. The predicted octanol–water partition coefficient (Wildman–Crippen LogP) is 1.65. The topological polar surface area (TPSA) is 55.4 Å². The summed E-state index contributed by atoms with van der Waals surface area (Å²) < 4.78 is 31.7. The van der Waals surface area contributed by atoms with Gasteiger partial charge in [0.25, 0.3) is 0 Å². The van der Waals surface area contributed by atoms with E-state index >= 15 is 0 Å². The van der Waals surface area contributed by atoms with Crippen molar-refractivity contribution in [2.75, 3.05) is 19.8 Å². The molecule has 1 aliphatic rings. The van der Waals surface area contributed by atoms with Crippen molar-refractivity contribution in [1.82, 2.24) is 4.72 Å². The van der Waals surface area contributed by atoms with Gasteiger partial charge >= 0.3 is 0 Å². The van der Waals surface area contributed by atoms with Crippen LogP contribution in [0.4, 0.5) is 0 Å². The van der Waals surface area contributed by atoms with Crippen LogP contribution < -0.4 is 4.72 Å². The molecule has 0 amide bonds. The van der Waals surface area contributed by atoms with Gasteiger partial charge in [-0.25, -0.2) is 13.1 Å². The van der Waals surface area contributed by atoms with Crippen molar-refractivity contribution in [2.24, 2.45) is 0 Å². The standard InChI is InChI=1S/C10H20BrNO3S/c1-2-3-9(11)8-12-16(13,14)10-4-6-15-7-5-10/h9-10,12H,2-8H2,1H3. The van der Waals surface area contributed by atoms with E-state index in [0.717, 1.165) is 12.8 Å². The van der Waals surface area contributed by atoms with Gasteiger partial charge < -0.3 is 4.74 Å². The third-order valence-electron chi connectivity index (χ3n) is 2.72. The molecule has 0 radical (unpaired) electrons. The highest BCUT2D eigenvalue weighted by Crippen LogP contribution is 2.15. The van der Waals surface area contributed by atoms with Crippen molar-refractivity contribution in [3.8, 4) is 0 Å². The Balaban J connectivity index is 2.38. The van der Waals surface area contributed by atoms with Crippen molar-refractivity contribution in [1.29, 1.82) is 0 Å². The van der Waals surface area contributed by atoms with Gasteiger partial charge in [-0.3, -0.25) is 0 Å². The van der Waals surface area contributed by atoms with Gasteiger partial charge in [0.1, 0.15) is 0 Å².